The predicted octanol–water partition coefficient (Wildman–Crippen LogP) is 2.02. The SMILES string of the molecule is CO[C@H]1CN(C)C(=O)c2ccc(NC(=O)c3ccno3)cc2OC[C@H](C)NC[C@@H]1C. The zero-order valence-electron chi connectivity index (χ0n) is 17.7. The lowest BCUT2D eigenvalue weighted by molar-refractivity contribution is 0.0281. The number of hydrogen-bond acceptors (Lipinski definition) is 7. The van der Waals surface area contributed by atoms with Gasteiger partial charge < -0.3 is 29.5 Å². The van der Waals surface area contributed by atoms with Crippen LogP contribution >= 0.6 is 0 Å². The van der Waals surface area contributed by atoms with Crippen molar-refractivity contribution in [3.8, 4) is 5.75 Å². The molecule has 2 heterocycles. The van der Waals surface area contributed by atoms with Crippen LogP contribution in [0.3, 0.4) is 0 Å². The summed E-state index contributed by atoms with van der Waals surface area (Å²) in [5.41, 5.74) is 0.909. The van der Waals surface area contributed by atoms with E-state index in [1.54, 1.807) is 37.3 Å². The molecule has 9 heteroatoms. The number of carbonyl (C=O) groups is 2. The molecule has 30 heavy (non-hydrogen) atoms. The van der Waals surface area contributed by atoms with Crippen LogP contribution in [0.4, 0.5) is 5.69 Å². The Morgan fingerprint density at radius 1 is 1.33 bits per heavy atom. The van der Waals surface area contributed by atoms with E-state index in [1.165, 1.54) is 12.3 Å². The third-order valence-corrected chi connectivity index (χ3v) is 5.15. The second-order valence-corrected chi connectivity index (χ2v) is 7.60. The van der Waals surface area contributed by atoms with E-state index >= 15 is 0 Å². The van der Waals surface area contributed by atoms with E-state index in [9.17, 15) is 9.59 Å². The van der Waals surface area contributed by atoms with Gasteiger partial charge in [-0.3, -0.25) is 9.59 Å². The van der Waals surface area contributed by atoms with Gasteiger partial charge in [0, 0.05) is 51.1 Å². The smallest absolute Gasteiger partial charge is 0.294 e. The van der Waals surface area contributed by atoms with Gasteiger partial charge in [-0.2, -0.15) is 0 Å². The number of fused-ring (bicyclic) bond motifs is 1. The molecular formula is C21H28N4O5. The summed E-state index contributed by atoms with van der Waals surface area (Å²) < 4.78 is 16.5. The fourth-order valence-electron chi connectivity index (χ4n) is 3.26. The highest BCUT2D eigenvalue weighted by Gasteiger charge is 2.25. The zero-order valence-corrected chi connectivity index (χ0v) is 17.7. The molecule has 0 unspecified atom stereocenters. The minimum Gasteiger partial charge on any atom is -0.491 e. The maximum Gasteiger partial charge on any atom is 0.294 e. The van der Waals surface area contributed by atoms with Gasteiger partial charge in [0.1, 0.15) is 12.4 Å². The second-order valence-electron chi connectivity index (χ2n) is 7.60. The summed E-state index contributed by atoms with van der Waals surface area (Å²) in [4.78, 5) is 27.0. The molecular weight excluding hydrogens is 388 g/mol. The maximum absolute atomic E-state index is 13.1. The quantitative estimate of drug-likeness (QED) is 0.788. The minimum atomic E-state index is -0.434. The summed E-state index contributed by atoms with van der Waals surface area (Å²) in [6, 6.07) is 6.49. The van der Waals surface area contributed by atoms with Gasteiger partial charge in [-0.25, -0.2) is 0 Å². The lowest BCUT2D eigenvalue weighted by atomic mass is 10.0. The third kappa shape index (κ3) is 5.17. The first-order chi connectivity index (χ1) is 14.4. The first-order valence-corrected chi connectivity index (χ1v) is 9.89. The lowest BCUT2D eigenvalue weighted by Crippen LogP contribution is -2.44. The first kappa shape index (κ1) is 21.8. The molecule has 1 aliphatic heterocycles. The van der Waals surface area contributed by atoms with Gasteiger partial charge in [-0.05, 0) is 25.0 Å². The number of nitrogens with one attached hydrogen (secondary N) is 2. The molecule has 0 aliphatic carbocycles. The van der Waals surface area contributed by atoms with Crippen molar-refractivity contribution < 1.29 is 23.6 Å². The van der Waals surface area contributed by atoms with Crippen LogP contribution in [0.2, 0.25) is 0 Å². The molecule has 9 nitrogen and oxygen atoms in total. The van der Waals surface area contributed by atoms with Gasteiger partial charge in [-0.15, -0.1) is 0 Å². The van der Waals surface area contributed by atoms with Crippen molar-refractivity contribution in [2.24, 2.45) is 5.92 Å². The highest BCUT2D eigenvalue weighted by atomic mass is 16.5. The van der Waals surface area contributed by atoms with E-state index in [4.69, 9.17) is 14.0 Å². The topological polar surface area (TPSA) is 106 Å². The van der Waals surface area contributed by atoms with E-state index in [-0.39, 0.29) is 29.7 Å². The highest BCUT2D eigenvalue weighted by Crippen LogP contribution is 2.26. The fraction of sp³-hybridized carbons (Fsp3) is 0.476. The van der Waals surface area contributed by atoms with Crippen molar-refractivity contribution in [2.75, 3.05) is 39.2 Å². The van der Waals surface area contributed by atoms with E-state index in [2.05, 4.69) is 22.7 Å². The molecule has 3 rings (SSSR count). The molecule has 2 aromatic rings. The average molecular weight is 416 g/mol. The number of likely N-dealkylation sites (N-methyl/N-ethyl adjacent to an activating group) is 1. The number of anilines is 1. The Labute approximate surface area is 175 Å². The molecule has 3 atom stereocenters. The van der Waals surface area contributed by atoms with Crippen molar-refractivity contribution >= 4 is 17.5 Å². The van der Waals surface area contributed by atoms with Crippen LogP contribution in [0.25, 0.3) is 0 Å². The molecule has 0 saturated carbocycles. The van der Waals surface area contributed by atoms with Crippen molar-refractivity contribution in [3.05, 3.63) is 41.8 Å². The number of carbonyl (C=O) groups excluding carboxylic acids is 2. The third-order valence-electron chi connectivity index (χ3n) is 5.15. The van der Waals surface area contributed by atoms with E-state index in [0.717, 1.165) is 6.54 Å². The molecule has 0 spiro atoms. The molecule has 0 radical (unpaired) electrons. The summed E-state index contributed by atoms with van der Waals surface area (Å²) in [7, 11) is 3.40. The van der Waals surface area contributed by atoms with Gasteiger partial charge in [0.25, 0.3) is 11.8 Å². The molecule has 162 valence electrons. The molecule has 0 saturated heterocycles. The van der Waals surface area contributed by atoms with Crippen LogP contribution in [0.15, 0.2) is 35.0 Å². The Morgan fingerprint density at radius 3 is 2.83 bits per heavy atom. The van der Waals surface area contributed by atoms with Crippen molar-refractivity contribution in [2.45, 2.75) is 26.0 Å². The van der Waals surface area contributed by atoms with Crippen molar-refractivity contribution in [3.63, 3.8) is 0 Å². The normalized spacial score (nSPS) is 23.0. The van der Waals surface area contributed by atoms with Crippen LogP contribution in [0, 0.1) is 5.92 Å². The molecule has 2 amide bonds. The molecule has 0 bridgehead atoms. The Bertz CT molecular complexity index is 870. The number of aromatic nitrogens is 1. The number of ether oxygens (including phenoxy) is 2. The summed E-state index contributed by atoms with van der Waals surface area (Å²) in [6.07, 6.45) is 1.30. The fourth-order valence-corrected chi connectivity index (χ4v) is 3.26. The maximum atomic E-state index is 13.1. The molecule has 2 N–H and O–H groups in total. The predicted molar refractivity (Wildman–Crippen MR) is 111 cm³/mol. The van der Waals surface area contributed by atoms with Crippen molar-refractivity contribution in [1.82, 2.24) is 15.4 Å². The molecule has 0 fully saturated rings. The van der Waals surface area contributed by atoms with E-state index < -0.39 is 5.91 Å². The number of rotatable bonds is 3. The number of hydrogen-bond donors (Lipinski definition) is 2. The standard InChI is InChI=1S/C21H28N4O5/c1-13-10-22-14(2)12-29-18-9-15(24-20(26)17-7-8-23-30-17)5-6-16(18)21(27)25(3)11-19(13)28-4/h5-9,13-14,19,22H,10-12H2,1-4H3,(H,24,26)/t13-,14-,19-/m0/s1. The van der Waals surface area contributed by atoms with Crippen LogP contribution in [0.1, 0.15) is 34.8 Å². The van der Waals surface area contributed by atoms with Crippen LogP contribution < -0.4 is 15.4 Å². The zero-order chi connectivity index (χ0) is 21.7. The number of nitrogens with zero attached hydrogens (tertiary/aromatic N) is 2. The van der Waals surface area contributed by atoms with Gasteiger partial charge in [0.05, 0.1) is 17.9 Å². The van der Waals surface area contributed by atoms with Gasteiger partial charge in [0.15, 0.2) is 0 Å². The molecule has 1 aromatic carbocycles. The molecule has 1 aliphatic rings. The van der Waals surface area contributed by atoms with Crippen LogP contribution in [0.5, 0.6) is 5.75 Å². The minimum absolute atomic E-state index is 0.0671. The van der Waals surface area contributed by atoms with Crippen LogP contribution in [-0.2, 0) is 4.74 Å². The Balaban J connectivity index is 1.87. The van der Waals surface area contributed by atoms with Crippen molar-refractivity contribution in [1.29, 1.82) is 0 Å². The Kier molecular flexibility index (Phi) is 7.07. The van der Waals surface area contributed by atoms with Gasteiger partial charge in [0.2, 0.25) is 5.76 Å². The number of amides is 2. The monoisotopic (exact) mass is 416 g/mol. The van der Waals surface area contributed by atoms with E-state index in [1.807, 2.05) is 6.92 Å². The van der Waals surface area contributed by atoms with E-state index in [0.29, 0.717) is 30.2 Å². The largest absolute Gasteiger partial charge is 0.491 e. The van der Waals surface area contributed by atoms with Crippen LogP contribution in [-0.4, -0.2) is 67.9 Å². The Morgan fingerprint density at radius 2 is 2.13 bits per heavy atom. The first-order valence-electron chi connectivity index (χ1n) is 9.89. The lowest BCUT2D eigenvalue weighted by Gasteiger charge is -2.30. The Hall–Kier alpha value is -2.91. The number of benzene rings is 1. The summed E-state index contributed by atoms with van der Waals surface area (Å²) in [5.74, 6) is 0.111. The van der Waals surface area contributed by atoms with Gasteiger partial charge in [-0.1, -0.05) is 12.1 Å². The molecule has 1 aromatic heterocycles. The second kappa shape index (κ2) is 9.73. The van der Waals surface area contributed by atoms with Gasteiger partial charge >= 0.3 is 0 Å². The number of methoxy groups -OCH3 is 1. The summed E-state index contributed by atoms with van der Waals surface area (Å²) >= 11 is 0. The highest BCUT2D eigenvalue weighted by molar-refractivity contribution is 6.03. The summed E-state index contributed by atoms with van der Waals surface area (Å²) in [6.45, 7) is 5.68. The average Bonchev–Trinajstić information content (AvgIpc) is 3.28. The summed E-state index contributed by atoms with van der Waals surface area (Å²) in [5, 5.41) is 9.70.